The van der Waals surface area contributed by atoms with Crippen LogP contribution in [0.15, 0.2) is 29.2 Å². The zero-order chi connectivity index (χ0) is 18.0. The molecule has 132 valence electrons. The van der Waals surface area contributed by atoms with Gasteiger partial charge in [0.15, 0.2) is 9.84 Å². The second-order valence-electron chi connectivity index (χ2n) is 5.14. The monoisotopic (exact) mass is 379 g/mol. The zero-order valence-electron chi connectivity index (χ0n) is 12.4. The molecule has 6 nitrogen and oxygen atoms in total. The molecule has 10 heteroatoms. The average molecular weight is 379 g/mol. The van der Waals surface area contributed by atoms with Crippen LogP contribution in [-0.4, -0.2) is 51.8 Å². The first-order chi connectivity index (χ1) is 11.2. The van der Waals surface area contributed by atoms with Crippen molar-refractivity contribution in [1.29, 1.82) is 0 Å². The standard InChI is InChI=1S/C14H15F2NO5S2/c1-2-8-17(11-7-9-23(18,19)10-11)24(20,21)13-6-4-3-5-12(13)22-14(15)16/h1,3-6,11,14H,7-10H2. The summed E-state index contributed by atoms with van der Waals surface area (Å²) in [6.45, 7) is -3.57. The van der Waals surface area contributed by atoms with Crippen molar-refractivity contribution < 1.29 is 30.4 Å². The molecule has 0 aromatic heterocycles. The minimum absolute atomic E-state index is 0.0983. The summed E-state index contributed by atoms with van der Waals surface area (Å²) in [4.78, 5) is -0.482. The number of alkyl halides is 2. The van der Waals surface area contributed by atoms with Crippen molar-refractivity contribution in [2.24, 2.45) is 0 Å². The summed E-state index contributed by atoms with van der Waals surface area (Å²) in [6, 6.07) is 4.07. The number of hydrogen-bond donors (Lipinski definition) is 0. The van der Waals surface area contributed by atoms with Gasteiger partial charge in [-0.05, 0) is 18.6 Å². The first-order valence-electron chi connectivity index (χ1n) is 6.87. The van der Waals surface area contributed by atoms with Crippen molar-refractivity contribution in [2.75, 3.05) is 18.1 Å². The lowest BCUT2D eigenvalue weighted by Crippen LogP contribution is -2.41. The molecule has 0 N–H and O–H groups in total. The van der Waals surface area contributed by atoms with Crippen molar-refractivity contribution in [1.82, 2.24) is 4.31 Å². The van der Waals surface area contributed by atoms with E-state index >= 15 is 0 Å². The molecule has 0 bridgehead atoms. The van der Waals surface area contributed by atoms with Crippen LogP contribution in [-0.2, 0) is 19.9 Å². The van der Waals surface area contributed by atoms with Crippen molar-refractivity contribution in [3.63, 3.8) is 0 Å². The molecule has 1 aliphatic heterocycles. The van der Waals surface area contributed by atoms with E-state index < -0.39 is 43.2 Å². The SMILES string of the molecule is C#CCN(C1CCS(=O)(=O)C1)S(=O)(=O)c1ccccc1OC(F)F. The summed E-state index contributed by atoms with van der Waals surface area (Å²) in [7, 11) is -7.66. The van der Waals surface area contributed by atoms with Crippen LogP contribution >= 0.6 is 0 Å². The molecule has 1 aromatic rings. The normalized spacial score (nSPS) is 20.2. The van der Waals surface area contributed by atoms with Crippen molar-refractivity contribution in [2.45, 2.75) is 24.0 Å². The van der Waals surface area contributed by atoms with Crippen molar-refractivity contribution in [3.05, 3.63) is 24.3 Å². The van der Waals surface area contributed by atoms with Crippen molar-refractivity contribution in [3.8, 4) is 18.1 Å². The van der Waals surface area contributed by atoms with Gasteiger partial charge in [0.1, 0.15) is 10.6 Å². The summed E-state index contributed by atoms with van der Waals surface area (Å²) in [5.74, 6) is 1.15. The molecule has 1 unspecified atom stereocenters. The third kappa shape index (κ3) is 4.03. The van der Waals surface area contributed by atoms with E-state index in [0.29, 0.717) is 0 Å². The molecule has 0 saturated carbocycles. The van der Waals surface area contributed by atoms with E-state index in [0.717, 1.165) is 16.4 Å². The number of halogens is 2. The summed E-state index contributed by atoms with van der Waals surface area (Å²) in [6.07, 6.45) is 5.30. The van der Waals surface area contributed by atoms with Gasteiger partial charge in [-0.3, -0.25) is 0 Å². The molecule has 0 radical (unpaired) electrons. The topological polar surface area (TPSA) is 80.8 Å². The number of hydrogen-bond acceptors (Lipinski definition) is 5. The number of rotatable bonds is 6. The van der Waals surface area contributed by atoms with Crippen LogP contribution in [0.5, 0.6) is 5.75 Å². The lowest BCUT2D eigenvalue weighted by atomic mass is 10.3. The van der Waals surface area contributed by atoms with Gasteiger partial charge in [0.2, 0.25) is 10.0 Å². The largest absolute Gasteiger partial charge is 0.433 e. The molecular weight excluding hydrogens is 364 g/mol. The Bertz CT molecular complexity index is 846. The number of terminal acetylenes is 1. The Hall–Kier alpha value is -1.70. The summed E-state index contributed by atoms with van der Waals surface area (Å²) in [5.41, 5.74) is 0. The van der Waals surface area contributed by atoms with E-state index in [1.165, 1.54) is 12.1 Å². The third-order valence-corrected chi connectivity index (χ3v) is 7.20. The van der Waals surface area contributed by atoms with Gasteiger partial charge < -0.3 is 4.74 Å². The van der Waals surface area contributed by atoms with Crippen LogP contribution in [0, 0.1) is 12.3 Å². The molecule has 0 aliphatic carbocycles. The number of para-hydroxylation sites is 1. The minimum Gasteiger partial charge on any atom is -0.433 e. The van der Waals surface area contributed by atoms with Gasteiger partial charge in [0.05, 0.1) is 18.1 Å². The van der Waals surface area contributed by atoms with E-state index in [-0.39, 0.29) is 24.5 Å². The quantitative estimate of drug-likeness (QED) is 0.692. The Morgan fingerprint density at radius 2 is 2.04 bits per heavy atom. The van der Waals surface area contributed by atoms with Crippen LogP contribution in [0.25, 0.3) is 0 Å². The molecule has 24 heavy (non-hydrogen) atoms. The molecule has 0 amide bonds. The van der Waals surface area contributed by atoms with E-state index in [9.17, 15) is 25.6 Å². The maximum atomic E-state index is 12.8. The van der Waals surface area contributed by atoms with Gasteiger partial charge in [-0.15, -0.1) is 6.42 Å². The second-order valence-corrected chi connectivity index (χ2v) is 9.22. The smallest absolute Gasteiger partial charge is 0.387 e. The number of sulfonamides is 1. The van der Waals surface area contributed by atoms with Gasteiger partial charge in [-0.2, -0.15) is 13.1 Å². The number of sulfone groups is 1. The van der Waals surface area contributed by atoms with Crippen LogP contribution in [0.4, 0.5) is 8.78 Å². The first-order valence-corrected chi connectivity index (χ1v) is 10.1. The van der Waals surface area contributed by atoms with Gasteiger partial charge in [0, 0.05) is 6.04 Å². The van der Waals surface area contributed by atoms with Crippen LogP contribution < -0.4 is 4.74 Å². The molecular formula is C14H15F2NO5S2. The fourth-order valence-corrected chi connectivity index (χ4v) is 6.00. The Morgan fingerprint density at radius 1 is 1.38 bits per heavy atom. The highest BCUT2D eigenvalue weighted by molar-refractivity contribution is 7.92. The summed E-state index contributed by atoms with van der Waals surface area (Å²) < 4.78 is 79.0. The highest BCUT2D eigenvalue weighted by atomic mass is 32.2. The Kier molecular flexibility index (Phi) is 5.47. The molecule has 0 spiro atoms. The fraction of sp³-hybridized carbons (Fsp3) is 0.429. The molecule has 1 aromatic carbocycles. The van der Waals surface area contributed by atoms with Gasteiger partial charge in [0.25, 0.3) is 0 Å². The maximum absolute atomic E-state index is 12.8. The molecule has 1 heterocycles. The van der Waals surface area contributed by atoms with Crippen LogP contribution in [0.3, 0.4) is 0 Å². The van der Waals surface area contributed by atoms with E-state index in [2.05, 4.69) is 10.7 Å². The zero-order valence-corrected chi connectivity index (χ0v) is 14.1. The number of ether oxygens (including phenoxy) is 1. The maximum Gasteiger partial charge on any atom is 0.387 e. The van der Waals surface area contributed by atoms with Gasteiger partial charge in [-0.1, -0.05) is 18.1 Å². The average Bonchev–Trinajstić information content (AvgIpc) is 2.84. The minimum atomic E-state index is -4.31. The lowest BCUT2D eigenvalue weighted by Gasteiger charge is -2.26. The summed E-state index contributed by atoms with van der Waals surface area (Å²) >= 11 is 0. The first kappa shape index (κ1) is 18.6. The van der Waals surface area contributed by atoms with Gasteiger partial charge >= 0.3 is 6.61 Å². The van der Waals surface area contributed by atoms with E-state index in [4.69, 9.17) is 6.42 Å². The Morgan fingerprint density at radius 3 is 2.58 bits per heavy atom. The molecule has 1 saturated heterocycles. The second kappa shape index (κ2) is 7.04. The van der Waals surface area contributed by atoms with Crippen molar-refractivity contribution >= 4 is 19.9 Å². The lowest BCUT2D eigenvalue weighted by molar-refractivity contribution is -0.0518. The molecule has 1 atom stereocenters. The summed E-state index contributed by atoms with van der Waals surface area (Å²) in [5, 5.41) is 0. The van der Waals surface area contributed by atoms with E-state index in [1.807, 2.05) is 0 Å². The molecule has 2 rings (SSSR count). The fourth-order valence-electron chi connectivity index (χ4n) is 2.49. The van der Waals surface area contributed by atoms with E-state index in [1.54, 1.807) is 0 Å². The predicted octanol–water partition coefficient (Wildman–Crippen LogP) is 1.10. The highest BCUT2D eigenvalue weighted by Gasteiger charge is 2.39. The molecule has 1 aliphatic rings. The van der Waals surface area contributed by atoms with Crippen LogP contribution in [0.2, 0.25) is 0 Å². The number of nitrogens with zero attached hydrogens (tertiary/aromatic N) is 1. The predicted molar refractivity (Wildman–Crippen MR) is 82.9 cm³/mol. The third-order valence-electron chi connectivity index (χ3n) is 3.51. The Balaban J connectivity index is 2.45. The van der Waals surface area contributed by atoms with Gasteiger partial charge in [-0.25, -0.2) is 16.8 Å². The molecule has 1 fully saturated rings. The Labute approximate surface area is 139 Å². The van der Waals surface area contributed by atoms with Crippen LogP contribution in [0.1, 0.15) is 6.42 Å². The highest BCUT2D eigenvalue weighted by Crippen LogP contribution is 2.31. The number of benzene rings is 1.